The lowest BCUT2D eigenvalue weighted by molar-refractivity contribution is 0.247. The standard InChI is InChI=1S/C8H8F2N4OS/c9-5-2-1-4(3-6(5)10)12-8(16)14-13-7(11)15/h1-3H,(H3,11,13,15)(H2,12,14,16). The molecule has 0 atom stereocenters. The van der Waals surface area contributed by atoms with Crippen LogP contribution in [0.1, 0.15) is 0 Å². The average molecular weight is 246 g/mol. The Morgan fingerprint density at radius 1 is 1.25 bits per heavy atom. The average Bonchev–Trinajstić information content (AvgIpc) is 2.21. The summed E-state index contributed by atoms with van der Waals surface area (Å²) < 4.78 is 25.3. The van der Waals surface area contributed by atoms with E-state index in [1.54, 1.807) is 0 Å². The van der Waals surface area contributed by atoms with E-state index >= 15 is 0 Å². The fraction of sp³-hybridized carbons (Fsp3) is 0. The van der Waals surface area contributed by atoms with E-state index in [1.807, 2.05) is 5.43 Å². The fourth-order valence-corrected chi connectivity index (χ4v) is 1.02. The molecule has 0 aliphatic carbocycles. The predicted molar refractivity (Wildman–Crippen MR) is 58.4 cm³/mol. The number of halogens is 2. The summed E-state index contributed by atoms with van der Waals surface area (Å²) in [4.78, 5) is 10.3. The van der Waals surface area contributed by atoms with Gasteiger partial charge in [0.15, 0.2) is 16.7 Å². The molecule has 1 aromatic rings. The highest BCUT2D eigenvalue weighted by molar-refractivity contribution is 7.80. The quantitative estimate of drug-likeness (QED) is 0.437. The molecule has 0 radical (unpaired) electrons. The third kappa shape index (κ3) is 3.65. The number of nitrogens with one attached hydrogen (secondary N) is 3. The van der Waals surface area contributed by atoms with Crippen LogP contribution in [0.3, 0.4) is 0 Å². The van der Waals surface area contributed by atoms with Crippen molar-refractivity contribution in [1.82, 2.24) is 10.9 Å². The smallest absolute Gasteiger partial charge is 0.330 e. The second-order valence-corrected chi connectivity index (χ2v) is 3.11. The molecule has 0 saturated carbocycles. The maximum Gasteiger partial charge on any atom is 0.330 e. The molecule has 0 bridgehead atoms. The molecular formula is C8H8F2N4OS. The summed E-state index contributed by atoms with van der Waals surface area (Å²) in [5.41, 5.74) is 9.26. The zero-order valence-corrected chi connectivity index (χ0v) is 8.70. The zero-order valence-electron chi connectivity index (χ0n) is 7.88. The minimum absolute atomic E-state index is 0.00944. The molecule has 0 spiro atoms. The first-order valence-electron chi connectivity index (χ1n) is 4.06. The Balaban J connectivity index is 2.56. The van der Waals surface area contributed by atoms with E-state index < -0.39 is 17.7 Å². The number of rotatable bonds is 1. The van der Waals surface area contributed by atoms with Gasteiger partial charge < -0.3 is 11.1 Å². The van der Waals surface area contributed by atoms with E-state index in [2.05, 4.69) is 10.7 Å². The Morgan fingerprint density at radius 3 is 2.50 bits per heavy atom. The van der Waals surface area contributed by atoms with Crippen LogP contribution in [0.4, 0.5) is 19.3 Å². The lowest BCUT2D eigenvalue weighted by Gasteiger charge is -2.10. The second kappa shape index (κ2) is 5.21. The van der Waals surface area contributed by atoms with Crippen molar-refractivity contribution in [3.63, 3.8) is 0 Å². The van der Waals surface area contributed by atoms with Gasteiger partial charge in [-0.2, -0.15) is 0 Å². The molecule has 86 valence electrons. The van der Waals surface area contributed by atoms with Crippen LogP contribution in [0, 0.1) is 11.6 Å². The molecule has 1 aromatic carbocycles. The van der Waals surface area contributed by atoms with Crippen LogP contribution in [0.2, 0.25) is 0 Å². The van der Waals surface area contributed by atoms with Gasteiger partial charge in [-0.3, -0.25) is 5.43 Å². The first-order valence-corrected chi connectivity index (χ1v) is 4.47. The van der Waals surface area contributed by atoms with Gasteiger partial charge in [0.1, 0.15) is 0 Å². The number of nitrogens with two attached hydrogens (primary N) is 1. The van der Waals surface area contributed by atoms with Crippen molar-refractivity contribution < 1.29 is 13.6 Å². The van der Waals surface area contributed by atoms with Crippen LogP contribution < -0.4 is 21.9 Å². The number of carbonyl (C=O) groups is 1. The number of thiocarbonyl (C=S) groups is 1. The van der Waals surface area contributed by atoms with E-state index in [0.29, 0.717) is 0 Å². The maximum absolute atomic E-state index is 12.8. The maximum atomic E-state index is 12.8. The van der Waals surface area contributed by atoms with Gasteiger partial charge in [-0.05, 0) is 24.4 Å². The number of primary amides is 1. The van der Waals surface area contributed by atoms with E-state index in [-0.39, 0.29) is 10.8 Å². The van der Waals surface area contributed by atoms with Crippen LogP contribution in [-0.4, -0.2) is 11.1 Å². The lowest BCUT2D eigenvalue weighted by Crippen LogP contribution is -2.46. The van der Waals surface area contributed by atoms with Crippen LogP contribution in [0.15, 0.2) is 18.2 Å². The van der Waals surface area contributed by atoms with Gasteiger partial charge in [-0.1, -0.05) is 0 Å². The Morgan fingerprint density at radius 2 is 1.94 bits per heavy atom. The van der Waals surface area contributed by atoms with Crippen molar-refractivity contribution in [3.05, 3.63) is 29.8 Å². The summed E-state index contributed by atoms with van der Waals surface area (Å²) >= 11 is 4.72. The minimum Gasteiger partial charge on any atom is -0.350 e. The van der Waals surface area contributed by atoms with Crippen molar-refractivity contribution >= 4 is 29.0 Å². The Kier molecular flexibility index (Phi) is 3.95. The van der Waals surface area contributed by atoms with Crippen molar-refractivity contribution in [2.75, 3.05) is 5.32 Å². The highest BCUT2D eigenvalue weighted by atomic mass is 32.1. The molecule has 0 aliphatic heterocycles. The summed E-state index contributed by atoms with van der Waals surface area (Å²) in [6.07, 6.45) is 0. The van der Waals surface area contributed by atoms with Crippen molar-refractivity contribution in [1.29, 1.82) is 0 Å². The molecule has 0 aliphatic rings. The number of urea groups is 1. The molecule has 0 saturated heterocycles. The molecule has 0 fully saturated rings. The summed E-state index contributed by atoms with van der Waals surface area (Å²) in [6.45, 7) is 0. The van der Waals surface area contributed by atoms with E-state index in [0.717, 1.165) is 12.1 Å². The van der Waals surface area contributed by atoms with Crippen molar-refractivity contribution in [3.8, 4) is 0 Å². The largest absolute Gasteiger partial charge is 0.350 e. The third-order valence-corrected chi connectivity index (χ3v) is 1.68. The number of amides is 2. The summed E-state index contributed by atoms with van der Waals surface area (Å²) in [5.74, 6) is -1.96. The summed E-state index contributed by atoms with van der Waals surface area (Å²) in [6, 6.07) is 2.33. The molecule has 16 heavy (non-hydrogen) atoms. The molecule has 5 N–H and O–H groups in total. The Bertz CT molecular complexity index is 426. The first-order chi connectivity index (χ1) is 7.49. The van der Waals surface area contributed by atoms with Crippen molar-refractivity contribution in [2.24, 2.45) is 5.73 Å². The predicted octanol–water partition coefficient (Wildman–Crippen LogP) is 0.834. The molecule has 0 heterocycles. The monoisotopic (exact) mass is 246 g/mol. The molecule has 2 amide bonds. The number of hydrogen-bond donors (Lipinski definition) is 4. The summed E-state index contributed by atoms with van der Waals surface area (Å²) in [5, 5.41) is 2.50. The molecule has 8 heteroatoms. The lowest BCUT2D eigenvalue weighted by atomic mass is 10.3. The Hall–Kier alpha value is -1.96. The number of anilines is 1. The zero-order chi connectivity index (χ0) is 12.1. The number of hydrazine groups is 1. The highest BCUT2D eigenvalue weighted by Gasteiger charge is 2.03. The topological polar surface area (TPSA) is 79.2 Å². The van der Waals surface area contributed by atoms with Crippen LogP contribution in [0.5, 0.6) is 0 Å². The van der Waals surface area contributed by atoms with Gasteiger partial charge >= 0.3 is 6.03 Å². The van der Waals surface area contributed by atoms with Gasteiger partial charge in [-0.25, -0.2) is 19.0 Å². The van der Waals surface area contributed by atoms with Crippen molar-refractivity contribution in [2.45, 2.75) is 0 Å². The first kappa shape index (κ1) is 12.1. The number of hydrogen-bond acceptors (Lipinski definition) is 2. The highest BCUT2D eigenvalue weighted by Crippen LogP contribution is 2.12. The van der Waals surface area contributed by atoms with Crippen LogP contribution in [-0.2, 0) is 0 Å². The van der Waals surface area contributed by atoms with E-state index in [1.165, 1.54) is 6.07 Å². The van der Waals surface area contributed by atoms with Gasteiger partial charge in [0.25, 0.3) is 0 Å². The van der Waals surface area contributed by atoms with Crippen LogP contribution >= 0.6 is 12.2 Å². The van der Waals surface area contributed by atoms with Gasteiger partial charge in [0.05, 0.1) is 0 Å². The van der Waals surface area contributed by atoms with Gasteiger partial charge in [0.2, 0.25) is 0 Å². The minimum atomic E-state index is -1.00. The summed E-state index contributed by atoms with van der Waals surface area (Å²) in [7, 11) is 0. The van der Waals surface area contributed by atoms with Gasteiger partial charge in [-0.15, -0.1) is 0 Å². The number of benzene rings is 1. The SMILES string of the molecule is NC(=O)NNC(=S)Nc1ccc(F)c(F)c1. The third-order valence-electron chi connectivity index (χ3n) is 1.48. The Labute approximate surface area is 95.0 Å². The molecule has 0 aromatic heterocycles. The normalized spacial score (nSPS) is 9.38. The van der Waals surface area contributed by atoms with E-state index in [4.69, 9.17) is 18.0 Å². The number of carbonyl (C=O) groups excluding carboxylic acids is 1. The second-order valence-electron chi connectivity index (χ2n) is 2.70. The molecule has 5 nitrogen and oxygen atoms in total. The molecule has 0 unspecified atom stereocenters. The van der Waals surface area contributed by atoms with Crippen LogP contribution in [0.25, 0.3) is 0 Å². The van der Waals surface area contributed by atoms with Gasteiger partial charge in [0, 0.05) is 11.8 Å². The molecule has 1 rings (SSSR count). The fourth-order valence-electron chi connectivity index (χ4n) is 0.855. The van der Waals surface area contributed by atoms with E-state index in [9.17, 15) is 13.6 Å². The molecular weight excluding hydrogens is 238 g/mol.